The van der Waals surface area contributed by atoms with E-state index in [-0.39, 0.29) is 17.5 Å². The molecule has 0 saturated carbocycles. The van der Waals surface area contributed by atoms with Crippen LogP contribution < -0.4 is 5.69 Å². The quantitative estimate of drug-likeness (QED) is 0.604. The number of imidazole rings is 1. The van der Waals surface area contributed by atoms with Crippen LogP contribution >= 0.6 is 0 Å². The number of aromatic amines is 1. The third-order valence-corrected chi connectivity index (χ3v) is 4.26. The van der Waals surface area contributed by atoms with Gasteiger partial charge in [0.05, 0.1) is 17.9 Å². The summed E-state index contributed by atoms with van der Waals surface area (Å²) >= 11 is 0. The molecular weight excluding hydrogens is 316 g/mol. The number of hydrogen-bond donors (Lipinski definition) is 2. The first-order valence-electron chi connectivity index (χ1n) is 7.95. The fraction of sp³-hybridized carbons (Fsp3) is 0.105. The van der Waals surface area contributed by atoms with Crippen molar-refractivity contribution in [2.75, 3.05) is 0 Å². The molecule has 6 heteroatoms. The minimum atomic E-state index is -0.241. The fourth-order valence-corrected chi connectivity index (χ4v) is 2.90. The number of rotatable bonds is 3. The fourth-order valence-electron chi connectivity index (χ4n) is 2.90. The largest absolute Gasteiger partial charge is 0.508 e. The Morgan fingerprint density at radius 3 is 2.52 bits per heavy atom. The van der Waals surface area contributed by atoms with Gasteiger partial charge < -0.3 is 5.11 Å². The molecule has 0 amide bonds. The summed E-state index contributed by atoms with van der Waals surface area (Å²) < 4.78 is 1.61. The van der Waals surface area contributed by atoms with Crippen molar-refractivity contribution in [1.29, 1.82) is 0 Å². The predicted molar refractivity (Wildman–Crippen MR) is 95.5 cm³/mol. The molecule has 1 unspecified atom stereocenters. The van der Waals surface area contributed by atoms with Crippen LogP contribution in [0.5, 0.6) is 5.75 Å². The Kier molecular flexibility index (Phi) is 3.57. The number of hydrogen-bond acceptors (Lipinski definition) is 4. The van der Waals surface area contributed by atoms with Gasteiger partial charge >= 0.3 is 5.69 Å². The van der Waals surface area contributed by atoms with Crippen molar-refractivity contribution >= 4 is 11.3 Å². The molecule has 0 fully saturated rings. The highest BCUT2D eigenvalue weighted by Gasteiger charge is 2.17. The number of phenols is 1. The summed E-state index contributed by atoms with van der Waals surface area (Å²) in [6, 6.07) is 16.3. The van der Waals surface area contributed by atoms with Crippen LogP contribution in [0.2, 0.25) is 0 Å². The standard InChI is InChI=1S/C19H16N4O2/c1-12(13-5-3-2-4-6-13)23-18-17(22-19(23)25)20-11-16(21-18)14-7-9-15(24)10-8-14/h2-12,24H,1H3,(H,20,22,25). The Bertz CT molecular complexity index is 1080. The van der Waals surface area contributed by atoms with Crippen molar-refractivity contribution in [2.45, 2.75) is 13.0 Å². The maximum atomic E-state index is 12.4. The van der Waals surface area contributed by atoms with Gasteiger partial charge in [-0.3, -0.25) is 9.55 Å². The van der Waals surface area contributed by atoms with E-state index in [1.807, 2.05) is 37.3 Å². The molecular formula is C19H16N4O2. The van der Waals surface area contributed by atoms with E-state index in [4.69, 9.17) is 0 Å². The Balaban J connectivity index is 1.87. The number of nitrogens with one attached hydrogen (secondary N) is 1. The first-order chi connectivity index (χ1) is 12.1. The summed E-state index contributed by atoms with van der Waals surface area (Å²) in [6.45, 7) is 1.96. The van der Waals surface area contributed by atoms with Crippen molar-refractivity contribution in [3.05, 3.63) is 76.8 Å². The lowest BCUT2D eigenvalue weighted by Crippen LogP contribution is -2.21. The topological polar surface area (TPSA) is 83.8 Å². The van der Waals surface area contributed by atoms with E-state index in [1.54, 1.807) is 35.0 Å². The minimum Gasteiger partial charge on any atom is -0.508 e. The molecule has 0 aliphatic carbocycles. The number of benzene rings is 2. The lowest BCUT2D eigenvalue weighted by molar-refractivity contribution is 0.475. The molecule has 124 valence electrons. The maximum Gasteiger partial charge on any atom is 0.329 e. The first-order valence-corrected chi connectivity index (χ1v) is 7.95. The molecule has 4 rings (SSSR count). The SMILES string of the molecule is CC(c1ccccc1)n1c(=O)[nH]c2ncc(-c3ccc(O)cc3)nc21. The highest BCUT2D eigenvalue weighted by atomic mass is 16.3. The van der Waals surface area contributed by atoms with Gasteiger partial charge in [0.2, 0.25) is 0 Å². The molecule has 2 heterocycles. The Labute approximate surface area is 143 Å². The molecule has 0 saturated heterocycles. The van der Waals surface area contributed by atoms with E-state index in [0.717, 1.165) is 11.1 Å². The molecule has 25 heavy (non-hydrogen) atoms. The van der Waals surface area contributed by atoms with Gasteiger partial charge in [0, 0.05) is 5.56 Å². The molecule has 2 N–H and O–H groups in total. The zero-order valence-corrected chi connectivity index (χ0v) is 13.5. The first kappa shape index (κ1) is 15.1. The Morgan fingerprint density at radius 1 is 1.08 bits per heavy atom. The van der Waals surface area contributed by atoms with Gasteiger partial charge in [-0.2, -0.15) is 0 Å². The number of H-pyrrole nitrogens is 1. The second-order valence-corrected chi connectivity index (χ2v) is 5.86. The van der Waals surface area contributed by atoms with Gasteiger partial charge in [-0.25, -0.2) is 14.8 Å². The molecule has 0 aliphatic rings. The zero-order valence-electron chi connectivity index (χ0n) is 13.5. The van der Waals surface area contributed by atoms with Crippen molar-refractivity contribution < 1.29 is 5.11 Å². The second kappa shape index (κ2) is 5.90. The van der Waals surface area contributed by atoms with Crippen LogP contribution in [0.1, 0.15) is 18.5 Å². The van der Waals surface area contributed by atoms with Gasteiger partial charge in [-0.15, -0.1) is 0 Å². The van der Waals surface area contributed by atoms with Crippen LogP contribution in [-0.2, 0) is 0 Å². The summed E-state index contributed by atoms with van der Waals surface area (Å²) in [5, 5.41) is 9.44. The van der Waals surface area contributed by atoms with Gasteiger partial charge in [0.25, 0.3) is 0 Å². The minimum absolute atomic E-state index is 0.174. The molecule has 0 aliphatic heterocycles. The Morgan fingerprint density at radius 2 is 1.80 bits per heavy atom. The third-order valence-electron chi connectivity index (χ3n) is 4.26. The van der Waals surface area contributed by atoms with Crippen LogP contribution in [0.25, 0.3) is 22.6 Å². The van der Waals surface area contributed by atoms with Crippen LogP contribution in [0.4, 0.5) is 0 Å². The van der Waals surface area contributed by atoms with Crippen LogP contribution in [0, 0.1) is 0 Å². The van der Waals surface area contributed by atoms with E-state index in [2.05, 4.69) is 15.0 Å². The van der Waals surface area contributed by atoms with Gasteiger partial charge in [0.15, 0.2) is 11.3 Å². The van der Waals surface area contributed by atoms with Crippen molar-refractivity contribution in [3.8, 4) is 17.0 Å². The van der Waals surface area contributed by atoms with Crippen molar-refractivity contribution in [3.63, 3.8) is 0 Å². The number of aromatic nitrogens is 4. The summed E-state index contributed by atoms with van der Waals surface area (Å²) in [5.41, 5.74) is 3.19. The number of aromatic hydroxyl groups is 1. The summed E-state index contributed by atoms with van der Waals surface area (Å²) in [7, 11) is 0. The molecule has 2 aromatic heterocycles. The Hall–Kier alpha value is -3.41. The maximum absolute atomic E-state index is 12.4. The number of phenolic OH excluding ortho intramolecular Hbond substituents is 1. The molecule has 6 nitrogen and oxygen atoms in total. The lowest BCUT2D eigenvalue weighted by atomic mass is 10.1. The number of fused-ring (bicyclic) bond motifs is 1. The summed E-state index contributed by atoms with van der Waals surface area (Å²) in [5.74, 6) is 0.189. The van der Waals surface area contributed by atoms with Crippen molar-refractivity contribution in [1.82, 2.24) is 19.5 Å². The summed E-state index contributed by atoms with van der Waals surface area (Å²) in [6.07, 6.45) is 1.61. The van der Waals surface area contributed by atoms with E-state index in [1.165, 1.54) is 0 Å². The molecule has 2 aromatic carbocycles. The molecule has 0 spiro atoms. The van der Waals surface area contributed by atoms with Gasteiger partial charge in [0.1, 0.15) is 5.75 Å². The molecule has 1 atom stereocenters. The normalized spacial score (nSPS) is 12.4. The summed E-state index contributed by atoms with van der Waals surface area (Å²) in [4.78, 5) is 24.2. The predicted octanol–water partition coefficient (Wildman–Crippen LogP) is 3.10. The van der Waals surface area contributed by atoms with Gasteiger partial charge in [-0.1, -0.05) is 30.3 Å². The lowest BCUT2D eigenvalue weighted by Gasteiger charge is -2.13. The van der Waals surface area contributed by atoms with Crippen LogP contribution in [0.3, 0.4) is 0 Å². The van der Waals surface area contributed by atoms with Crippen LogP contribution in [-0.4, -0.2) is 24.6 Å². The highest BCUT2D eigenvalue weighted by Crippen LogP contribution is 2.23. The second-order valence-electron chi connectivity index (χ2n) is 5.86. The number of nitrogens with zero attached hydrogens (tertiary/aromatic N) is 3. The van der Waals surface area contributed by atoms with E-state index < -0.39 is 0 Å². The van der Waals surface area contributed by atoms with Crippen LogP contribution in [0.15, 0.2) is 65.6 Å². The molecule has 4 aromatic rings. The smallest absolute Gasteiger partial charge is 0.329 e. The van der Waals surface area contributed by atoms with Gasteiger partial charge in [-0.05, 0) is 36.8 Å². The van der Waals surface area contributed by atoms with Crippen molar-refractivity contribution in [2.24, 2.45) is 0 Å². The van der Waals surface area contributed by atoms with E-state index in [9.17, 15) is 9.90 Å². The third kappa shape index (κ3) is 2.67. The average molecular weight is 332 g/mol. The monoisotopic (exact) mass is 332 g/mol. The zero-order chi connectivity index (χ0) is 17.4. The molecule has 0 bridgehead atoms. The highest BCUT2D eigenvalue weighted by molar-refractivity contribution is 5.71. The average Bonchev–Trinajstić information content (AvgIpc) is 2.97. The molecule has 0 radical (unpaired) electrons. The van der Waals surface area contributed by atoms with E-state index >= 15 is 0 Å². The van der Waals surface area contributed by atoms with E-state index in [0.29, 0.717) is 17.0 Å².